The van der Waals surface area contributed by atoms with Crippen LogP contribution in [0.4, 0.5) is 5.69 Å². The van der Waals surface area contributed by atoms with E-state index < -0.39 is 15.6 Å². The molecule has 6 nitrogen and oxygen atoms in total. The molecule has 0 saturated carbocycles. The highest BCUT2D eigenvalue weighted by Gasteiger charge is 2.45. The molecule has 3 N–H and O–H groups in total. The lowest BCUT2D eigenvalue weighted by Crippen LogP contribution is -2.63. The van der Waals surface area contributed by atoms with E-state index in [0.29, 0.717) is 17.7 Å². The Hall–Kier alpha value is -1.60. The van der Waals surface area contributed by atoms with Gasteiger partial charge in [0.1, 0.15) is 10.4 Å². The molecule has 116 valence electrons. The Kier molecular flexibility index (Phi) is 3.75. The Morgan fingerprint density at radius 3 is 2.43 bits per heavy atom. The number of piperazine rings is 1. The number of carbonyl (C=O) groups excluding carboxylic acids is 1. The van der Waals surface area contributed by atoms with E-state index in [9.17, 15) is 13.2 Å². The van der Waals surface area contributed by atoms with Crippen LogP contribution in [-0.4, -0.2) is 37.3 Å². The van der Waals surface area contributed by atoms with E-state index in [4.69, 9.17) is 5.73 Å². The number of nitrogens with two attached hydrogens (primary N) is 1. The van der Waals surface area contributed by atoms with Gasteiger partial charge in [-0.05, 0) is 38.8 Å². The molecule has 2 rings (SSSR count). The summed E-state index contributed by atoms with van der Waals surface area (Å²) in [5.41, 5.74) is 6.39. The van der Waals surface area contributed by atoms with E-state index in [-0.39, 0.29) is 23.0 Å². The van der Waals surface area contributed by atoms with Crippen LogP contribution in [0.1, 0.15) is 25.0 Å². The van der Waals surface area contributed by atoms with E-state index in [1.54, 1.807) is 39.8 Å². The maximum atomic E-state index is 13.0. The van der Waals surface area contributed by atoms with Gasteiger partial charge in [-0.25, -0.2) is 8.42 Å². The molecule has 1 saturated heterocycles. The Balaban J connectivity index is 2.63. The number of hydrogen-bond donors (Lipinski definition) is 2. The molecule has 0 unspecified atom stereocenters. The molecule has 0 aliphatic carbocycles. The van der Waals surface area contributed by atoms with Crippen LogP contribution in [-0.2, 0) is 14.8 Å². The summed E-state index contributed by atoms with van der Waals surface area (Å²) in [5.74, 6) is -0.304. The first-order valence-electron chi connectivity index (χ1n) is 6.77. The second-order valence-corrected chi connectivity index (χ2v) is 7.63. The summed E-state index contributed by atoms with van der Waals surface area (Å²) in [5, 5.41) is 2.69. The van der Waals surface area contributed by atoms with Crippen molar-refractivity contribution in [2.24, 2.45) is 0 Å². The highest BCUT2D eigenvalue weighted by molar-refractivity contribution is 7.89. The predicted octanol–water partition coefficient (Wildman–Crippen LogP) is 0.785. The van der Waals surface area contributed by atoms with Crippen LogP contribution in [0.2, 0.25) is 0 Å². The maximum Gasteiger partial charge on any atom is 0.246 e. The van der Waals surface area contributed by atoms with Gasteiger partial charge in [-0.15, -0.1) is 0 Å². The largest absolute Gasteiger partial charge is 0.397 e. The summed E-state index contributed by atoms with van der Waals surface area (Å²) < 4.78 is 27.2. The lowest BCUT2D eigenvalue weighted by molar-refractivity contribution is -0.131. The lowest BCUT2D eigenvalue weighted by Gasteiger charge is -2.40. The van der Waals surface area contributed by atoms with Gasteiger partial charge in [0.2, 0.25) is 15.9 Å². The molecule has 1 aliphatic heterocycles. The van der Waals surface area contributed by atoms with Crippen LogP contribution in [0.25, 0.3) is 0 Å². The Morgan fingerprint density at radius 2 is 1.81 bits per heavy atom. The molecular weight excluding hydrogens is 290 g/mol. The van der Waals surface area contributed by atoms with Crippen molar-refractivity contribution in [3.63, 3.8) is 0 Å². The van der Waals surface area contributed by atoms with Gasteiger partial charge in [-0.1, -0.05) is 12.1 Å². The molecule has 0 aromatic heterocycles. The first kappa shape index (κ1) is 15.8. The third-order valence-corrected chi connectivity index (χ3v) is 6.22. The average molecular weight is 311 g/mol. The molecule has 1 aliphatic rings. The zero-order valence-electron chi connectivity index (χ0n) is 12.7. The maximum absolute atomic E-state index is 13.0. The van der Waals surface area contributed by atoms with E-state index in [1.807, 2.05) is 0 Å². The summed E-state index contributed by atoms with van der Waals surface area (Å²) in [7, 11) is -3.84. The number of hydrogen-bond acceptors (Lipinski definition) is 4. The van der Waals surface area contributed by atoms with Crippen molar-refractivity contribution in [1.29, 1.82) is 0 Å². The van der Waals surface area contributed by atoms with Gasteiger partial charge in [0.15, 0.2) is 0 Å². The van der Waals surface area contributed by atoms with Crippen molar-refractivity contribution in [3.05, 3.63) is 23.3 Å². The van der Waals surface area contributed by atoms with Crippen LogP contribution in [0.3, 0.4) is 0 Å². The zero-order chi connectivity index (χ0) is 16.0. The second-order valence-electron chi connectivity index (χ2n) is 5.83. The third kappa shape index (κ3) is 2.40. The van der Waals surface area contributed by atoms with Crippen molar-refractivity contribution in [3.8, 4) is 0 Å². The second kappa shape index (κ2) is 4.99. The number of nitrogens with one attached hydrogen (secondary N) is 1. The van der Waals surface area contributed by atoms with Crippen molar-refractivity contribution >= 4 is 21.6 Å². The zero-order valence-corrected chi connectivity index (χ0v) is 13.5. The minimum absolute atomic E-state index is 0.102. The number of nitrogen functional groups attached to an aromatic ring is 1. The molecule has 0 bridgehead atoms. The van der Waals surface area contributed by atoms with Crippen molar-refractivity contribution in [1.82, 2.24) is 9.62 Å². The Bertz CT molecular complexity index is 696. The van der Waals surface area contributed by atoms with Crippen LogP contribution in [0.15, 0.2) is 17.0 Å². The lowest BCUT2D eigenvalue weighted by atomic mass is 10.0. The molecule has 21 heavy (non-hydrogen) atoms. The smallest absolute Gasteiger partial charge is 0.246 e. The molecule has 1 heterocycles. The minimum Gasteiger partial charge on any atom is -0.397 e. The van der Waals surface area contributed by atoms with Crippen molar-refractivity contribution in [2.75, 3.05) is 18.8 Å². The predicted molar refractivity (Wildman–Crippen MR) is 81.3 cm³/mol. The van der Waals surface area contributed by atoms with E-state index in [1.165, 1.54) is 4.31 Å². The van der Waals surface area contributed by atoms with Crippen molar-refractivity contribution < 1.29 is 13.2 Å². The summed E-state index contributed by atoms with van der Waals surface area (Å²) in [4.78, 5) is 12.1. The highest BCUT2D eigenvalue weighted by atomic mass is 32.2. The topological polar surface area (TPSA) is 92.5 Å². The first-order chi connectivity index (χ1) is 9.60. The number of rotatable bonds is 2. The molecule has 1 amide bonds. The van der Waals surface area contributed by atoms with Crippen LogP contribution < -0.4 is 11.1 Å². The molecule has 1 aromatic rings. The first-order valence-corrected chi connectivity index (χ1v) is 8.21. The number of benzene rings is 1. The number of carbonyl (C=O) groups is 1. The van der Waals surface area contributed by atoms with Gasteiger partial charge in [-0.2, -0.15) is 4.31 Å². The van der Waals surface area contributed by atoms with E-state index in [2.05, 4.69) is 5.32 Å². The highest BCUT2D eigenvalue weighted by Crippen LogP contribution is 2.33. The van der Waals surface area contributed by atoms with E-state index in [0.717, 1.165) is 0 Å². The number of anilines is 1. The SMILES string of the molecule is Cc1ccc(C)c(S(=O)(=O)N2CCNC(=O)C2(C)C)c1N. The number of nitrogens with zero attached hydrogens (tertiary/aromatic N) is 1. The Morgan fingerprint density at radius 1 is 1.24 bits per heavy atom. The normalized spacial score (nSPS) is 19.3. The summed E-state index contributed by atoms with van der Waals surface area (Å²) in [6.45, 7) is 7.20. The van der Waals surface area contributed by atoms with Crippen LogP contribution in [0, 0.1) is 13.8 Å². The molecule has 0 radical (unpaired) electrons. The molecule has 1 aromatic carbocycles. The third-order valence-electron chi connectivity index (χ3n) is 3.94. The van der Waals surface area contributed by atoms with Gasteiger partial charge < -0.3 is 11.1 Å². The number of aryl methyl sites for hydroxylation is 2. The number of amides is 1. The number of sulfonamides is 1. The fourth-order valence-corrected chi connectivity index (χ4v) is 4.71. The van der Waals surface area contributed by atoms with Crippen molar-refractivity contribution in [2.45, 2.75) is 38.1 Å². The fraction of sp³-hybridized carbons (Fsp3) is 0.500. The van der Waals surface area contributed by atoms with Gasteiger partial charge >= 0.3 is 0 Å². The average Bonchev–Trinajstić information content (AvgIpc) is 2.37. The summed E-state index contributed by atoms with van der Waals surface area (Å²) in [6, 6.07) is 3.52. The minimum atomic E-state index is -3.84. The quantitative estimate of drug-likeness (QED) is 0.790. The van der Waals surface area contributed by atoms with Gasteiger partial charge in [0.05, 0.1) is 5.69 Å². The fourth-order valence-electron chi connectivity index (χ4n) is 2.56. The van der Waals surface area contributed by atoms with Crippen LogP contribution >= 0.6 is 0 Å². The van der Waals surface area contributed by atoms with Crippen LogP contribution in [0.5, 0.6) is 0 Å². The standard InChI is InChI=1S/C14H21N3O3S/c1-9-5-6-10(2)12(11(9)15)21(19,20)17-8-7-16-13(18)14(17,3)4/h5-6H,7-8,15H2,1-4H3,(H,16,18). The summed E-state index contributed by atoms with van der Waals surface area (Å²) in [6.07, 6.45) is 0. The van der Waals surface area contributed by atoms with Gasteiger partial charge in [0.25, 0.3) is 0 Å². The molecule has 0 atom stereocenters. The van der Waals surface area contributed by atoms with E-state index >= 15 is 0 Å². The van der Waals surface area contributed by atoms with Gasteiger partial charge in [-0.3, -0.25) is 4.79 Å². The molecule has 0 spiro atoms. The molecule has 7 heteroatoms. The Labute approximate surface area is 125 Å². The molecular formula is C14H21N3O3S. The monoisotopic (exact) mass is 311 g/mol. The van der Waals surface area contributed by atoms with Gasteiger partial charge in [0, 0.05) is 13.1 Å². The molecule has 1 fully saturated rings. The summed E-state index contributed by atoms with van der Waals surface area (Å²) >= 11 is 0.